The van der Waals surface area contributed by atoms with E-state index in [0.29, 0.717) is 11.3 Å². The predicted molar refractivity (Wildman–Crippen MR) is 85.9 cm³/mol. The van der Waals surface area contributed by atoms with Crippen molar-refractivity contribution in [2.45, 2.75) is 6.54 Å². The number of benzene rings is 1. The number of aromatic carboxylic acids is 1. The molecular formula is C17H14N4O3. The maximum Gasteiger partial charge on any atom is 0.337 e. The van der Waals surface area contributed by atoms with E-state index >= 15 is 0 Å². The summed E-state index contributed by atoms with van der Waals surface area (Å²) in [6.07, 6.45) is 6.36. The van der Waals surface area contributed by atoms with Crippen LogP contribution >= 0.6 is 0 Å². The number of aromatic nitrogens is 3. The van der Waals surface area contributed by atoms with Gasteiger partial charge in [-0.1, -0.05) is 12.1 Å². The average Bonchev–Trinajstić information content (AvgIpc) is 3.09. The van der Waals surface area contributed by atoms with Crippen LogP contribution in [0.15, 0.2) is 61.2 Å². The van der Waals surface area contributed by atoms with Crippen LogP contribution in [0.5, 0.6) is 0 Å². The van der Waals surface area contributed by atoms with Crippen LogP contribution in [-0.2, 0) is 6.54 Å². The number of rotatable bonds is 5. The second kappa shape index (κ2) is 6.74. The van der Waals surface area contributed by atoms with Crippen molar-refractivity contribution in [1.82, 2.24) is 20.1 Å². The molecule has 3 rings (SSSR count). The van der Waals surface area contributed by atoms with Crippen LogP contribution in [0.2, 0.25) is 0 Å². The maximum absolute atomic E-state index is 12.0. The molecule has 7 nitrogen and oxygen atoms in total. The molecule has 2 aromatic heterocycles. The standard InChI is InChI=1S/C17H14N4O3/c22-16(13-4-3-7-18-10-13)19-8-12-9-20-21(11-12)15-6-2-1-5-14(15)17(23)24/h1-7,9-11H,8H2,(H,19,22)(H,23,24). The zero-order chi connectivity index (χ0) is 16.9. The second-order valence-electron chi connectivity index (χ2n) is 5.04. The van der Waals surface area contributed by atoms with Gasteiger partial charge in [0.2, 0.25) is 0 Å². The molecule has 0 spiro atoms. The number of hydrogen-bond acceptors (Lipinski definition) is 4. The van der Waals surface area contributed by atoms with Crippen LogP contribution in [0.1, 0.15) is 26.3 Å². The maximum atomic E-state index is 12.0. The monoisotopic (exact) mass is 322 g/mol. The Morgan fingerprint density at radius 2 is 1.96 bits per heavy atom. The van der Waals surface area contributed by atoms with Gasteiger partial charge in [0.1, 0.15) is 0 Å². The van der Waals surface area contributed by atoms with Crippen molar-refractivity contribution in [1.29, 1.82) is 0 Å². The number of nitrogens with one attached hydrogen (secondary N) is 1. The van der Waals surface area contributed by atoms with Gasteiger partial charge in [0, 0.05) is 30.7 Å². The number of hydrogen-bond donors (Lipinski definition) is 2. The third kappa shape index (κ3) is 3.30. The number of amides is 1. The van der Waals surface area contributed by atoms with Crippen molar-refractivity contribution in [3.8, 4) is 5.69 Å². The first-order valence-corrected chi connectivity index (χ1v) is 7.19. The molecule has 0 saturated carbocycles. The predicted octanol–water partition coefficient (Wildman–Crippen LogP) is 1.90. The number of carbonyl (C=O) groups is 2. The SMILES string of the molecule is O=C(NCc1cnn(-c2ccccc2C(=O)O)c1)c1cccnc1. The Bertz CT molecular complexity index is 874. The summed E-state index contributed by atoms with van der Waals surface area (Å²) in [6, 6.07) is 9.96. The summed E-state index contributed by atoms with van der Waals surface area (Å²) in [4.78, 5) is 27.1. The highest BCUT2D eigenvalue weighted by Crippen LogP contribution is 2.14. The molecule has 0 fully saturated rings. The fourth-order valence-corrected chi connectivity index (χ4v) is 2.22. The third-order valence-electron chi connectivity index (χ3n) is 3.39. The van der Waals surface area contributed by atoms with Crippen LogP contribution in [-0.4, -0.2) is 31.7 Å². The van der Waals surface area contributed by atoms with Crippen molar-refractivity contribution >= 4 is 11.9 Å². The van der Waals surface area contributed by atoms with Crippen molar-refractivity contribution in [2.75, 3.05) is 0 Å². The molecule has 120 valence electrons. The van der Waals surface area contributed by atoms with E-state index in [4.69, 9.17) is 0 Å². The van der Waals surface area contributed by atoms with E-state index in [-0.39, 0.29) is 18.0 Å². The summed E-state index contributed by atoms with van der Waals surface area (Å²) in [5.41, 5.74) is 1.86. The zero-order valence-corrected chi connectivity index (χ0v) is 12.6. The first-order chi connectivity index (χ1) is 11.6. The lowest BCUT2D eigenvalue weighted by molar-refractivity contribution is 0.0696. The molecule has 0 radical (unpaired) electrons. The highest BCUT2D eigenvalue weighted by Gasteiger charge is 2.12. The number of carboxylic acids is 1. The van der Waals surface area contributed by atoms with E-state index in [1.807, 2.05) is 0 Å². The van der Waals surface area contributed by atoms with E-state index in [0.717, 1.165) is 5.56 Å². The Morgan fingerprint density at radius 3 is 2.71 bits per heavy atom. The molecule has 7 heteroatoms. The normalized spacial score (nSPS) is 10.3. The molecular weight excluding hydrogens is 308 g/mol. The van der Waals surface area contributed by atoms with Gasteiger partial charge in [-0.2, -0.15) is 5.10 Å². The number of carboxylic acid groups (broad SMARTS) is 1. The van der Waals surface area contributed by atoms with Gasteiger partial charge in [-0.25, -0.2) is 9.48 Å². The Balaban J connectivity index is 1.73. The van der Waals surface area contributed by atoms with Gasteiger partial charge in [0.15, 0.2) is 0 Å². The molecule has 0 saturated heterocycles. The highest BCUT2D eigenvalue weighted by atomic mass is 16.4. The van der Waals surface area contributed by atoms with Crippen LogP contribution in [0, 0.1) is 0 Å². The zero-order valence-electron chi connectivity index (χ0n) is 12.6. The Hall–Kier alpha value is -3.48. The molecule has 3 aromatic rings. The van der Waals surface area contributed by atoms with Gasteiger partial charge >= 0.3 is 5.97 Å². The third-order valence-corrected chi connectivity index (χ3v) is 3.39. The van der Waals surface area contributed by atoms with Gasteiger partial charge in [-0.3, -0.25) is 9.78 Å². The topological polar surface area (TPSA) is 97.1 Å². The minimum absolute atomic E-state index is 0.159. The first-order valence-electron chi connectivity index (χ1n) is 7.19. The molecule has 0 aliphatic heterocycles. The fraction of sp³-hybridized carbons (Fsp3) is 0.0588. The van der Waals surface area contributed by atoms with Gasteiger partial charge in [-0.15, -0.1) is 0 Å². The number of pyridine rings is 1. The first kappa shape index (κ1) is 15.4. The lowest BCUT2D eigenvalue weighted by atomic mass is 10.2. The van der Waals surface area contributed by atoms with Crippen molar-refractivity contribution in [3.63, 3.8) is 0 Å². The van der Waals surface area contributed by atoms with E-state index in [1.165, 1.54) is 16.9 Å². The molecule has 1 amide bonds. The van der Waals surface area contributed by atoms with Crippen molar-refractivity contribution in [3.05, 3.63) is 77.9 Å². The quantitative estimate of drug-likeness (QED) is 0.747. The number of nitrogens with zero attached hydrogens (tertiary/aromatic N) is 3. The molecule has 1 aromatic carbocycles. The van der Waals surface area contributed by atoms with Crippen LogP contribution < -0.4 is 5.32 Å². The van der Waals surface area contributed by atoms with Gasteiger partial charge in [0.25, 0.3) is 5.91 Å². The molecule has 24 heavy (non-hydrogen) atoms. The van der Waals surface area contributed by atoms with Gasteiger partial charge in [0.05, 0.1) is 23.0 Å². The minimum atomic E-state index is -1.02. The summed E-state index contributed by atoms with van der Waals surface area (Å²) in [5.74, 6) is -1.26. The smallest absolute Gasteiger partial charge is 0.337 e. The summed E-state index contributed by atoms with van der Waals surface area (Å²) >= 11 is 0. The highest BCUT2D eigenvalue weighted by molar-refractivity contribution is 5.93. The van der Waals surface area contributed by atoms with Crippen LogP contribution in [0.3, 0.4) is 0 Å². The number of para-hydroxylation sites is 1. The summed E-state index contributed by atoms with van der Waals surface area (Å²) in [5, 5.41) is 16.2. The number of carbonyl (C=O) groups excluding carboxylic acids is 1. The molecule has 2 N–H and O–H groups in total. The van der Waals surface area contributed by atoms with Crippen LogP contribution in [0.4, 0.5) is 0 Å². The molecule has 0 aliphatic carbocycles. The van der Waals surface area contributed by atoms with E-state index < -0.39 is 5.97 Å². The second-order valence-corrected chi connectivity index (χ2v) is 5.04. The minimum Gasteiger partial charge on any atom is -0.478 e. The lowest BCUT2D eigenvalue weighted by Gasteiger charge is -2.05. The summed E-state index contributed by atoms with van der Waals surface area (Å²) < 4.78 is 1.48. The Morgan fingerprint density at radius 1 is 1.12 bits per heavy atom. The molecule has 0 bridgehead atoms. The molecule has 0 aliphatic rings. The molecule has 2 heterocycles. The summed E-state index contributed by atoms with van der Waals surface area (Å²) in [7, 11) is 0. The largest absolute Gasteiger partial charge is 0.478 e. The van der Waals surface area contributed by atoms with Crippen LogP contribution in [0.25, 0.3) is 5.69 Å². The fourth-order valence-electron chi connectivity index (χ4n) is 2.22. The Kier molecular flexibility index (Phi) is 4.33. The molecule has 0 unspecified atom stereocenters. The Labute approximate surface area is 137 Å². The van der Waals surface area contributed by atoms with Gasteiger partial charge < -0.3 is 10.4 Å². The van der Waals surface area contributed by atoms with E-state index in [2.05, 4.69) is 15.4 Å². The van der Waals surface area contributed by atoms with Crippen molar-refractivity contribution < 1.29 is 14.7 Å². The van der Waals surface area contributed by atoms with E-state index in [1.54, 1.807) is 48.9 Å². The summed E-state index contributed by atoms with van der Waals surface area (Å²) in [6.45, 7) is 0.281. The molecule has 0 atom stereocenters. The van der Waals surface area contributed by atoms with E-state index in [9.17, 15) is 14.7 Å². The van der Waals surface area contributed by atoms with Gasteiger partial charge in [-0.05, 0) is 24.3 Å². The lowest BCUT2D eigenvalue weighted by Crippen LogP contribution is -2.22. The average molecular weight is 322 g/mol. The van der Waals surface area contributed by atoms with Crippen molar-refractivity contribution in [2.24, 2.45) is 0 Å².